The minimum absolute atomic E-state index is 0.0165. The van der Waals surface area contributed by atoms with Gasteiger partial charge in [0.05, 0.1) is 11.7 Å². The third-order valence-corrected chi connectivity index (χ3v) is 8.09. The zero-order chi connectivity index (χ0) is 21.6. The van der Waals surface area contributed by atoms with Crippen molar-refractivity contribution in [3.63, 3.8) is 0 Å². The molecule has 0 saturated heterocycles. The van der Waals surface area contributed by atoms with Gasteiger partial charge in [0.15, 0.2) is 0 Å². The van der Waals surface area contributed by atoms with E-state index in [1.807, 2.05) is 0 Å². The van der Waals surface area contributed by atoms with Crippen LogP contribution in [0.1, 0.15) is 103 Å². The molecule has 1 rings (SSSR count). The van der Waals surface area contributed by atoms with Crippen molar-refractivity contribution in [2.24, 2.45) is 5.92 Å². The van der Waals surface area contributed by atoms with E-state index in [0.29, 0.717) is 11.8 Å². The summed E-state index contributed by atoms with van der Waals surface area (Å²) in [5.41, 5.74) is 2.36. The monoisotopic (exact) mass is 466 g/mol. The lowest BCUT2D eigenvalue weighted by molar-refractivity contribution is 0.0125. The highest BCUT2D eigenvalue weighted by Gasteiger charge is 2.17. The lowest BCUT2D eigenvalue weighted by Crippen LogP contribution is -2.22. The quantitative estimate of drug-likeness (QED) is 0.319. The van der Waals surface area contributed by atoms with E-state index in [1.165, 1.54) is 29.4 Å². The Bertz CT molecular complexity index is 486. The summed E-state index contributed by atoms with van der Waals surface area (Å²) in [6, 6.07) is 8.43. The zero-order valence-electron chi connectivity index (χ0n) is 19.4. The number of methoxy groups -OCH3 is 1. The summed E-state index contributed by atoms with van der Waals surface area (Å²) >= 11 is 3.67. The Kier molecular flexibility index (Phi) is 16.3. The summed E-state index contributed by atoms with van der Waals surface area (Å²) in [5.74, 6) is 1.19. The van der Waals surface area contributed by atoms with E-state index in [4.69, 9.17) is 4.74 Å². The molecule has 0 amide bonds. The fourth-order valence-electron chi connectivity index (χ4n) is 2.97. The number of hydrogen-bond acceptors (Lipinski definition) is 2. The summed E-state index contributed by atoms with van der Waals surface area (Å²) in [6.45, 7) is 13.2. The highest BCUT2D eigenvalue weighted by atomic mass is 79.9. The molecule has 2 nitrogen and oxygen atoms in total. The van der Waals surface area contributed by atoms with E-state index >= 15 is 0 Å². The molecule has 1 aromatic rings. The van der Waals surface area contributed by atoms with Gasteiger partial charge >= 0.3 is 18.2 Å². The van der Waals surface area contributed by atoms with E-state index < -0.39 is 0 Å². The topological polar surface area (TPSA) is 29.5 Å². The molecule has 0 aliphatic heterocycles. The maximum Gasteiger partial charge on any atom is 0.468 e. The summed E-state index contributed by atoms with van der Waals surface area (Å²) < 4.78 is 6.91. The van der Waals surface area contributed by atoms with Crippen LogP contribution < -0.4 is 0 Å². The second kappa shape index (κ2) is 16.1. The normalized spacial score (nSPS) is 13.5. The van der Waals surface area contributed by atoms with E-state index in [1.54, 1.807) is 7.11 Å². The van der Waals surface area contributed by atoms with E-state index in [9.17, 15) is 5.11 Å². The second-order valence-corrected chi connectivity index (χ2v) is 12.4. The predicted octanol–water partition coefficient (Wildman–Crippen LogP) is 7.68. The first-order valence-electron chi connectivity index (χ1n) is 11.1. The van der Waals surface area contributed by atoms with Crippen molar-refractivity contribution in [3.8, 4) is 0 Å². The van der Waals surface area contributed by atoms with Crippen LogP contribution >= 0.6 is 12.9 Å². The average Bonchev–Trinajstić information content (AvgIpc) is 2.67. The zero-order valence-corrected chi connectivity index (χ0v) is 22.4. The number of aliphatic hydroxyl groups is 1. The highest BCUT2D eigenvalue weighted by molar-refractivity contribution is 9.23. The molecule has 160 valence electrons. The minimum atomic E-state index is -0.339. The molecule has 0 saturated carbocycles. The van der Waals surface area contributed by atoms with Gasteiger partial charge < -0.3 is 22.7 Å². The van der Waals surface area contributed by atoms with Crippen LogP contribution in [-0.4, -0.2) is 36.0 Å². The molecule has 0 spiro atoms. The van der Waals surface area contributed by atoms with Gasteiger partial charge in [-0.25, -0.2) is 0 Å². The number of rotatable bonds is 12. The van der Waals surface area contributed by atoms with Crippen molar-refractivity contribution in [1.82, 2.24) is 0 Å². The van der Waals surface area contributed by atoms with Gasteiger partial charge in [-0.2, -0.15) is 0 Å². The van der Waals surface area contributed by atoms with Crippen molar-refractivity contribution in [1.29, 1.82) is 0 Å². The van der Waals surface area contributed by atoms with Crippen molar-refractivity contribution < 1.29 is 9.84 Å². The lowest BCUT2D eigenvalue weighted by Gasteiger charge is -2.23. The standard InChI is InChI=1S/C21H36O2.C3H7.BrH.Mg/c1-16(2)18-10-12-19(13-11-18)20(22)14-9-17(3)8-7-15-21(4,5)23-6;1-3-2;;/h10-13,16-17,20,22H,7-9,14-15H2,1-6H3;1,3H2,2H3;1H;/q;;;+1/p-1. The first kappa shape index (κ1) is 28.4. The molecule has 4 heteroatoms. The fraction of sp³-hybridized carbons (Fsp3) is 0.750. The summed E-state index contributed by atoms with van der Waals surface area (Å²) in [4.78, 5) is 0. The minimum Gasteiger partial charge on any atom is -0.388 e. The third kappa shape index (κ3) is 13.6. The van der Waals surface area contributed by atoms with Crippen molar-refractivity contribution in [3.05, 3.63) is 35.4 Å². The lowest BCUT2D eigenvalue weighted by atomic mass is 9.92. The molecule has 28 heavy (non-hydrogen) atoms. The Labute approximate surface area is 190 Å². The molecule has 2 unspecified atom stereocenters. The van der Waals surface area contributed by atoms with Gasteiger partial charge in [0, 0.05) is 7.11 Å². The van der Waals surface area contributed by atoms with Gasteiger partial charge in [0.1, 0.15) is 0 Å². The van der Waals surface area contributed by atoms with Crippen molar-refractivity contribution in [2.75, 3.05) is 7.11 Å². The van der Waals surface area contributed by atoms with Gasteiger partial charge in [0.25, 0.3) is 0 Å². The Morgan fingerprint density at radius 1 is 1.04 bits per heavy atom. The first-order valence-corrected chi connectivity index (χ1v) is 16.0. The molecule has 0 radical (unpaired) electrons. The Balaban J connectivity index is 0.00000129. The Hall–Kier alpha value is 0.386. The Morgan fingerprint density at radius 3 is 2.04 bits per heavy atom. The van der Waals surface area contributed by atoms with Gasteiger partial charge in [-0.15, -0.1) is 4.55 Å². The molecule has 0 aromatic heterocycles. The van der Waals surface area contributed by atoms with Gasteiger partial charge in [0.2, 0.25) is 0 Å². The largest absolute Gasteiger partial charge is 0.468 e. The molecule has 2 atom stereocenters. The number of aliphatic hydroxyl groups excluding tert-OH is 1. The fourth-order valence-corrected chi connectivity index (χ4v) is 4.92. The van der Waals surface area contributed by atoms with Crippen molar-refractivity contribution >= 4 is 31.1 Å². The van der Waals surface area contributed by atoms with Crippen LogP contribution in [0.25, 0.3) is 0 Å². The number of hydrogen-bond donors (Lipinski definition) is 1. The van der Waals surface area contributed by atoms with Crippen LogP contribution in [0.3, 0.4) is 0 Å². The van der Waals surface area contributed by atoms with Crippen LogP contribution in [0.5, 0.6) is 0 Å². The van der Waals surface area contributed by atoms with Crippen LogP contribution in [-0.2, 0) is 4.74 Å². The molecular formula is C24H43BrMgO2. The SMILES string of the molecule is CC[CH2][Mg][Br].COC(C)(C)CCCC(C)CCC(O)c1ccc(C(C)C)cc1. The van der Waals surface area contributed by atoms with Crippen LogP contribution in [0.4, 0.5) is 0 Å². The summed E-state index contributed by atoms with van der Waals surface area (Å²) in [5, 5.41) is 10.4. The predicted molar refractivity (Wildman–Crippen MR) is 129 cm³/mol. The van der Waals surface area contributed by atoms with Gasteiger partial charge in [-0.05, 0) is 56.1 Å². The molecule has 0 aliphatic rings. The van der Waals surface area contributed by atoms with E-state index in [-0.39, 0.29) is 29.9 Å². The molecule has 0 heterocycles. The maximum atomic E-state index is 10.4. The molecular weight excluding hydrogens is 424 g/mol. The van der Waals surface area contributed by atoms with Crippen LogP contribution in [0, 0.1) is 5.92 Å². The molecule has 0 aliphatic carbocycles. The maximum absolute atomic E-state index is 10.4. The molecule has 0 fully saturated rings. The highest BCUT2D eigenvalue weighted by Crippen LogP contribution is 2.26. The average molecular weight is 468 g/mol. The first-order chi connectivity index (χ1) is 13.2. The number of halogens is 1. The second-order valence-electron chi connectivity index (χ2n) is 8.92. The van der Waals surface area contributed by atoms with Gasteiger partial charge in [-0.3, -0.25) is 0 Å². The Morgan fingerprint density at radius 2 is 1.61 bits per heavy atom. The van der Waals surface area contributed by atoms with Crippen LogP contribution in [0.2, 0.25) is 4.55 Å². The summed E-state index contributed by atoms with van der Waals surface area (Å²) in [6.07, 6.45) is 6.41. The molecule has 1 aromatic carbocycles. The molecule has 1 N–H and O–H groups in total. The number of ether oxygens (including phenoxy) is 1. The van der Waals surface area contributed by atoms with E-state index in [2.05, 4.69) is 78.7 Å². The van der Waals surface area contributed by atoms with E-state index in [0.717, 1.165) is 24.8 Å². The van der Waals surface area contributed by atoms with Crippen molar-refractivity contribution in [2.45, 2.75) is 102 Å². The molecule has 0 bridgehead atoms. The summed E-state index contributed by atoms with van der Waals surface area (Å²) in [7, 11) is 1.78. The smallest absolute Gasteiger partial charge is 0.388 e. The third-order valence-electron chi connectivity index (χ3n) is 5.44. The van der Waals surface area contributed by atoms with Gasteiger partial charge in [-0.1, -0.05) is 71.2 Å². The number of benzene rings is 1. The van der Waals surface area contributed by atoms with Crippen LogP contribution in [0.15, 0.2) is 24.3 Å².